The van der Waals surface area contributed by atoms with Gasteiger partial charge in [-0.25, -0.2) is 0 Å². The Morgan fingerprint density at radius 3 is 2.28 bits per heavy atom. The molecule has 3 aromatic carbocycles. The second kappa shape index (κ2) is 7.98. The zero-order chi connectivity index (χ0) is 20.2. The molecule has 4 rings (SSSR count). The van der Waals surface area contributed by atoms with Gasteiger partial charge in [0, 0.05) is 27.6 Å². The molecule has 29 heavy (non-hydrogen) atoms. The molecule has 1 heterocycles. The monoisotopic (exact) mass is 384 g/mol. The van der Waals surface area contributed by atoms with E-state index in [9.17, 15) is 4.79 Å². The summed E-state index contributed by atoms with van der Waals surface area (Å²) in [6.07, 6.45) is 0. The van der Waals surface area contributed by atoms with Crippen molar-refractivity contribution in [3.8, 4) is 17.0 Å². The number of nitrogens with two attached hydrogens (primary N) is 1. The Hall–Kier alpha value is -3.93. The third-order valence-corrected chi connectivity index (χ3v) is 4.56. The standard InChI is InChI=1S/C23H20N4O2/c1-2-29-18-13-9-15(10-14-18)21-19-5-3-4-6-20(19)23(27-26-21)25-17-11-7-16(8-12-17)22(24)28/h3-14H,2H2,1H3,(H2,24,28)(H,25,27). The minimum Gasteiger partial charge on any atom is -0.494 e. The normalized spacial score (nSPS) is 10.7. The van der Waals surface area contributed by atoms with Crippen LogP contribution in [0.3, 0.4) is 0 Å². The average molecular weight is 384 g/mol. The zero-order valence-corrected chi connectivity index (χ0v) is 15.9. The Balaban J connectivity index is 1.70. The number of aromatic nitrogens is 2. The van der Waals surface area contributed by atoms with E-state index < -0.39 is 5.91 Å². The molecule has 0 aliphatic heterocycles. The first-order chi connectivity index (χ1) is 14.2. The van der Waals surface area contributed by atoms with Crippen molar-refractivity contribution in [1.29, 1.82) is 0 Å². The zero-order valence-electron chi connectivity index (χ0n) is 15.9. The number of carbonyl (C=O) groups is 1. The fourth-order valence-electron chi connectivity index (χ4n) is 3.14. The molecule has 0 fully saturated rings. The summed E-state index contributed by atoms with van der Waals surface area (Å²) in [5.74, 6) is 1.01. The number of anilines is 2. The molecule has 0 saturated heterocycles. The lowest BCUT2D eigenvalue weighted by molar-refractivity contribution is 0.100. The fourth-order valence-corrected chi connectivity index (χ4v) is 3.14. The maximum absolute atomic E-state index is 11.2. The molecule has 4 aromatic rings. The van der Waals surface area contributed by atoms with E-state index in [-0.39, 0.29) is 0 Å². The van der Waals surface area contributed by atoms with Crippen molar-refractivity contribution < 1.29 is 9.53 Å². The van der Waals surface area contributed by atoms with Crippen molar-refractivity contribution in [3.63, 3.8) is 0 Å². The highest BCUT2D eigenvalue weighted by molar-refractivity contribution is 6.01. The fraction of sp³-hybridized carbons (Fsp3) is 0.0870. The lowest BCUT2D eigenvalue weighted by Gasteiger charge is -2.12. The number of nitrogens with one attached hydrogen (secondary N) is 1. The van der Waals surface area contributed by atoms with E-state index >= 15 is 0 Å². The van der Waals surface area contributed by atoms with E-state index in [1.54, 1.807) is 24.3 Å². The van der Waals surface area contributed by atoms with Gasteiger partial charge in [-0.15, -0.1) is 10.2 Å². The third kappa shape index (κ3) is 3.87. The highest BCUT2D eigenvalue weighted by Gasteiger charge is 2.11. The number of amides is 1. The molecule has 1 aromatic heterocycles. The van der Waals surface area contributed by atoms with Crippen LogP contribution >= 0.6 is 0 Å². The molecule has 144 valence electrons. The number of carbonyl (C=O) groups excluding carboxylic acids is 1. The number of primary amides is 1. The van der Waals surface area contributed by atoms with Gasteiger partial charge in [-0.05, 0) is 55.5 Å². The number of nitrogens with zero attached hydrogens (tertiary/aromatic N) is 2. The number of benzene rings is 3. The van der Waals surface area contributed by atoms with Crippen molar-refractivity contribution in [2.24, 2.45) is 5.73 Å². The Kier molecular flexibility index (Phi) is 5.07. The van der Waals surface area contributed by atoms with E-state index in [1.807, 2.05) is 55.5 Å². The summed E-state index contributed by atoms with van der Waals surface area (Å²) in [6.45, 7) is 2.59. The molecular formula is C23H20N4O2. The van der Waals surface area contributed by atoms with Crippen LogP contribution < -0.4 is 15.8 Å². The first-order valence-corrected chi connectivity index (χ1v) is 9.31. The minimum atomic E-state index is -0.457. The van der Waals surface area contributed by atoms with Gasteiger partial charge in [0.2, 0.25) is 5.91 Å². The maximum atomic E-state index is 11.2. The largest absolute Gasteiger partial charge is 0.494 e. The van der Waals surface area contributed by atoms with Crippen LogP contribution in [0.25, 0.3) is 22.0 Å². The molecule has 0 spiro atoms. The Labute approximate surface area is 168 Å². The lowest BCUT2D eigenvalue weighted by Crippen LogP contribution is -2.10. The maximum Gasteiger partial charge on any atom is 0.248 e. The molecule has 0 atom stereocenters. The summed E-state index contributed by atoms with van der Waals surface area (Å²) >= 11 is 0. The molecule has 0 saturated carbocycles. The van der Waals surface area contributed by atoms with E-state index in [1.165, 1.54) is 0 Å². The summed E-state index contributed by atoms with van der Waals surface area (Å²) in [6, 6.07) is 22.7. The molecule has 0 radical (unpaired) electrons. The van der Waals surface area contributed by atoms with Crippen LogP contribution in [0.15, 0.2) is 72.8 Å². The summed E-state index contributed by atoms with van der Waals surface area (Å²) in [5.41, 5.74) is 8.32. The van der Waals surface area contributed by atoms with Gasteiger partial charge in [-0.2, -0.15) is 0 Å². The van der Waals surface area contributed by atoms with Crippen LogP contribution in [-0.2, 0) is 0 Å². The van der Waals surface area contributed by atoms with Gasteiger partial charge in [0.15, 0.2) is 5.82 Å². The van der Waals surface area contributed by atoms with Crippen molar-refractivity contribution in [1.82, 2.24) is 10.2 Å². The van der Waals surface area contributed by atoms with Crippen molar-refractivity contribution >= 4 is 28.2 Å². The van der Waals surface area contributed by atoms with Crippen LogP contribution in [0.5, 0.6) is 5.75 Å². The van der Waals surface area contributed by atoms with Gasteiger partial charge in [0.1, 0.15) is 11.4 Å². The first-order valence-electron chi connectivity index (χ1n) is 9.31. The molecule has 6 heteroatoms. The molecule has 0 bridgehead atoms. The number of ether oxygens (including phenoxy) is 1. The summed E-state index contributed by atoms with van der Waals surface area (Å²) in [4.78, 5) is 11.2. The van der Waals surface area contributed by atoms with Crippen LogP contribution in [-0.4, -0.2) is 22.7 Å². The molecule has 0 unspecified atom stereocenters. The third-order valence-electron chi connectivity index (χ3n) is 4.56. The summed E-state index contributed by atoms with van der Waals surface area (Å²) in [7, 11) is 0. The second-order valence-corrected chi connectivity index (χ2v) is 6.47. The number of rotatable bonds is 6. The molecule has 1 amide bonds. The quantitative estimate of drug-likeness (QED) is 0.509. The van der Waals surface area contributed by atoms with Crippen LogP contribution in [0.4, 0.5) is 11.5 Å². The van der Waals surface area contributed by atoms with Crippen molar-refractivity contribution in [2.45, 2.75) is 6.92 Å². The molecular weight excluding hydrogens is 364 g/mol. The lowest BCUT2D eigenvalue weighted by atomic mass is 10.0. The predicted octanol–water partition coefficient (Wildman–Crippen LogP) is 4.54. The topological polar surface area (TPSA) is 90.1 Å². The van der Waals surface area contributed by atoms with Crippen molar-refractivity contribution in [2.75, 3.05) is 11.9 Å². The highest BCUT2D eigenvalue weighted by atomic mass is 16.5. The van der Waals surface area contributed by atoms with Crippen LogP contribution in [0, 0.1) is 0 Å². The number of hydrogen-bond donors (Lipinski definition) is 2. The van der Waals surface area contributed by atoms with E-state index in [0.717, 1.165) is 33.5 Å². The number of fused-ring (bicyclic) bond motifs is 1. The van der Waals surface area contributed by atoms with E-state index in [2.05, 4.69) is 15.5 Å². The van der Waals surface area contributed by atoms with E-state index in [4.69, 9.17) is 10.5 Å². The Bertz CT molecular complexity index is 1160. The van der Waals surface area contributed by atoms with Gasteiger partial charge in [-0.1, -0.05) is 24.3 Å². The van der Waals surface area contributed by atoms with Gasteiger partial charge < -0.3 is 15.8 Å². The number of hydrogen-bond acceptors (Lipinski definition) is 5. The average Bonchev–Trinajstić information content (AvgIpc) is 2.75. The second-order valence-electron chi connectivity index (χ2n) is 6.47. The minimum absolute atomic E-state index is 0.456. The molecule has 3 N–H and O–H groups in total. The van der Waals surface area contributed by atoms with Crippen LogP contribution in [0.2, 0.25) is 0 Å². The Morgan fingerprint density at radius 2 is 1.62 bits per heavy atom. The summed E-state index contributed by atoms with van der Waals surface area (Å²) in [5, 5.41) is 14.1. The molecule has 0 aliphatic rings. The Morgan fingerprint density at radius 1 is 0.931 bits per heavy atom. The highest BCUT2D eigenvalue weighted by Crippen LogP contribution is 2.31. The van der Waals surface area contributed by atoms with Crippen LogP contribution in [0.1, 0.15) is 17.3 Å². The first kappa shape index (κ1) is 18.4. The van der Waals surface area contributed by atoms with Gasteiger partial charge in [0.25, 0.3) is 0 Å². The summed E-state index contributed by atoms with van der Waals surface area (Å²) < 4.78 is 5.52. The van der Waals surface area contributed by atoms with Gasteiger partial charge in [0.05, 0.1) is 6.61 Å². The predicted molar refractivity (Wildman–Crippen MR) is 114 cm³/mol. The smallest absolute Gasteiger partial charge is 0.248 e. The van der Waals surface area contributed by atoms with Gasteiger partial charge >= 0.3 is 0 Å². The molecule has 6 nitrogen and oxygen atoms in total. The van der Waals surface area contributed by atoms with E-state index in [0.29, 0.717) is 18.0 Å². The SMILES string of the molecule is CCOc1ccc(-c2nnc(Nc3ccc(C(N)=O)cc3)c3ccccc23)cc1. The van der Waals surface area contributed by atoms with Gasteiger partial charge in [-0.3, -0.25) is 4.79 Å². The molecule has 0 aliphatic carbocycles. The van der Waals surface area contributed by atoms with Crippen molar-refractivity contribution in [3.05, 3.63) is 78.4 Å².